The van der Waals surface area contributed by atoms with Crippen LogP contribution in [0.3, 0.4) is 0 Å². The number of aryl methyl sites for hydroxylation is 1. The zero-order valence-corrected chi connectivity index (χ0v) is 10.3. The molecule has 0 fully saturated rings. The van der Waals surface area contributed by atoms with Gasteiger partial charge in [-0.15, -0.1) is 11.3 Å². The van der Waals surface area contributed by atoms with Crippen LogP contribution in [0.4, 0.5) is 8.78 Å². The molecule has 1 rings (SSSR count). The summed E-state index contributed by atoms with van der Waals surface area (Å²) in [6.45, 7) is 1.73. The van der Waals surface area contributed by atoms with Gasteiger partial charge < -0.3 is 5.11 Å². The third-order valence-corrected chi connectivity index (χ3v) is 3.85. The maximum Gasteiger partial charge on any atom is 0.303 e. The molecular weight excluding hydrogens is 290 g/mol. The second-order valence-electron chi connectivity index (χ2n) is 3.13. The van der Waals surface area contributed by atoms with E-state index in [-0.39, 0.29) is 4.88 Å². The summed E-state index contributed by atoms with van der Waals surface area (Å²) in [5, 5.41) is 8.36. The fraction of sp³-hybridized carbons (Fsp3) is 0.444. The van der Waals surface area contributed by atoms with Crippen LogP contribution in [0.15, 0.2) is 10.5 Å². The maximum absolute atomic E-state index is 13.5. The van der Waals surface area contributed by atoms with E-state index >= 15 is 0 Å². The third kappa shape index (κ3) is 3.24. The summed E-state index contributed by atoms with van der Waals surface area (Å²) >= 11 is 4.03. The SMILES string of the molecule is Cc1cc(Br)c(C(F)(F)CCC(=O)O)s1. The fourth-order valence-electron chi connectivity index (χ4n) is 1.11. The standard InChI is InChI=1S/C9H9BrF2O2S/c1-5-4-6(10)8(15-5)9(11,12)3-2-7(13)14/h4H,2-3H2,1H3,(H,13,14). The van der Waals surface area contributed by atoms with Gasteiger partial charge in [-0.1, -0.05) is 0 Å². The van der Waals surface area contributed by atoms with Gasteiger partial charge >= 0.3 is 5.97 Å². The minimum atomic E-state index is -3.07. The molecule has 0 saturated carbocycles. The summed E-state index contributed by atoms with van der Waals surface area (Å²) in [6.07, 6.45) is -1.20. The van der Waals surface area contributed by atoms with Crippen molar-refractivity contribution in [1.82, 2.24) is 0 Å². The van der Waals surface area contributed by atoms with E-state index in [9.17, 15) is 13.6 Å². The van der Waals surface area contributed by atoms with Crippen LogP contribution >= 0.6 is 27.3 Å². The Morgan fingerprint density at radius 1 is 1.67 bits per heavy atom. The Bertz CT molecular complexity index is 376. The first-order valence-corrected chi connectivity index (χ1v) is 5.80. The van der Waals surface area contributed by atoms with E-state index in [1.807, 2.05) is 0 Å². The Labute approximate surface area is 98.1 Å². The van der Waals surface area contributed by atoms with Crippen molar-refractivity contribution in [2.75, 3.05) is 0 Å². The molecule has 0 bridgehead atoms. The van der Waals surface area contributed by atoms with Crippen molar-refractivity contribution in [3.63, 3.8) is 0 Å². The maximum atomic E-state index is 13.5. The summed E-state index contributed by atoms with van der Waals surface area (Å²) in [5.41, 5.74) is 0. The number of hydrogen-bond acceptors (Lipinski definition) is 2. The molecule has 0 radical (unpaired) electrons. The molecule has 0 atom stereocenters. The first kappa shape index (κ1) is 12.6. The van der Waals surface area contributed by atoms with Gasteiger partial charge in [0.05, 0.1) is 11.3 Å². The van der Waals surface area contributed by atoms with Crippen LogP contribution in [0.2, 0.25) is 0 Å². The monoisotopic (exact) mass is 298 g/mol. The van der Waals surface area contributed by atoms with E-state index in [4.69, 9.17) is 5.11 Å². The van der Waals surface area contributed by atoms with Gasteiger partial charge in [-0.05, 0) is 28.9 Å². The van der Waals surface area contributed by atoms with Crippen LogP contribution < -0.4 is 0 Å². The Morgan fingerprint density at radius 3 is 2.67 bits per heavy atom. The molecule has 0 spiro atoms. The molecule has 1 N–H and O–H groups in total. The van der Waals surface area contributed by atoms with E-state index < -0.39 is 24.7 Å². The van der Waals surface area contributed by atoms with Gasteiger partial charge in [0.1, 0.15) is 0 Å². The third-order valence-electron chi connectivity index (χ3n) is 1.79. The number of rotatable bonds is 4. The molecular formula is C9H9BrF2O2S. The lowest BCUT2D eigenvalue weighted by molar-refractivity contribution is -0.139. The van der Waals surface area contributed by atoms with Crippen molar-refractivity contribution in [3.05, 3.63) is 20.3 Å². The van der Waals surface area contributed by atoms with Crippen LogP contribution in [0, 0.1) is 6.92 Å². The molecule has 0 unspecified atom stereocenters. The van der Waals surface area contributed by atoms with Crippen LogP contribution in [0.1, 0.15) is 22.6 Å². The number of hydrogen-bond donors (Lipinski definition) is 1. The molecule has 0 aliphatic rings. The average Bonchev–Trinajstić information content (AvgIpc) is 2.43. The molecule has 0 aliphatic heterocycles. The molecule has 15 heavy (non-hydrogen) atoms. The zero-order valence-electron chi connectivity index (χ0n) is 7.89. The van der Waals surface area contributed by atoms with E-state index in [1.54, 1.807) is 13.0 Å². The minimum absolute atomic E-state index is 0.0961. The van der Waals surface area contributed by atoms with Crippen LogP contribution in [0.25, 0.3) is 0 Å². The molecule has 2 nitrogen and oxygen atoms in total. The van der Waals surface area contributed by atoms with Gasteiger partial charge in [-0.3, -0.25) is 4.79 Å². The summed E-state index contributed by atoms with van der Waals surface area (Å²) in [5.74, 6) is -4.28. The number of alkyl halides is 2. The van der Waals surface area contributed by atoms with Gasteiger partial charge in [0, 0.05) is 15.8 Å². The molecule has 84 valence electrons. The van der Waals surface area contributed by atoms with Gasteiger partial charge in [-0.2, -0.15) is 0 Å². The highest BCUT2D eigenvalue weighted by Gasteiger charge is 2.35. The Hall–Kier alpha value is -0.490. The van der Waals surface area contributed by atoms with Crippen LogP contribution in [-0.2, 0) is 10.7 Å². The highest BCUT2D eigenvalue weighted by molar-refractivity contribution is 9.10. The predicted molar refractivity (Wildman–Crippen MR) is 57.5 cm³/mol. The molecule has 1 aromatic rings. The number of aliphatic carboxylic acids is 1. The van der Waals surface area contributed by atoms with Crippen molar-refractivity contribution in [2.24, 2.45) is 0 Å². The topological polar surface area (TPSA) is 37.3 Å². The van der Waals surface area contributed by atoms with E-state index in [2.05, 4.69) is 15.9 Å². The van der Waals surface area contributed by atoms with Gasteiger partial charge in [0.2, 0.25) is 0 Å². The quantitative estimate of drug-likeness (QED) is 0.918. The number of halogens is 3. The summed E-state index contributed by atoms with van der Waals surface area (Å²) in [6, 6.07) is 1.61. The molecule has 1 heterocycles. The van der Waals surface area contributed by atoms with Gasteiger partial charge in [0.15, 0.2) is 0 Å². The molecule has 0 aromatic carbocycles. The first-order chi connectivity index (χ1) is 6.83. The Balaban J connectivity index is 2.85. The van der Waals surface area contributed by atoms with Gasteiger partial charge in [0.25, 0.3) is 5.92 Å². The highest BCUT2D eigenvalue weighted by atomic mass is 79.9. The van der Waals surface area contributed by atoms with Gasteiger partial charge in [-0.25, -0.2) is 8.78 Å². The highest BCUT2D eigenvalue weighted by Crippen LogP contribution is 2.42. The van der Waals surface area contributed by atoms with Crippen molar-refractivity contribution in [2.45, 2.75) is 25.7 Å². The van der Waals surface area contributed by atoms with E-state index in [0.717, 1.165) is 16.2 Å². The Morgan fingerprint density at radius 2 is 2.27 bits per heavy atom. The average molecular weight is 299 g/mol. The summed E-state index contributed by atoms with van der Waals surface area (Å²) in [7, 11) is 0. The molecule has 6 heteroatoms. The minimum Gasteiger partial charge on any atom is -0.481 e. The lowest BCUT2D eigenvalue weighted by Crippen LogP contribution is -2.14. The largest absolute Gasteiger partial charge is 0.481 e. The van der Waals surface area contributed by atoms with Crippen molar-refractivity contribution < 1.29 is 18.7 Å². The summed E-state index contributed by atoms with van der Waals surface area (Å²) in [4.78, 5) is 10.9. The smallest absolute Gasteiger partial charge is 0.303 e. The Kier molecular flexibility index (Phi) is 3.83. The van der Waals surface area contributed by atoms with E-state index in [0.29, 0.717) is 4.47 Å². The zero-order chi connectivity index (χ0) is 11.6. The van der Waals surface area contributed by atoms with Crippen molar-refractivity contribution >= 4 is 33.2 Å². The normalized spacial score (nSPS) is 11.7. The summed E-state index contributed by atoms with van der Waals surface area (Å²) < 4.78 is 27.4. The number of carbonyl (C=O) groups is 1. The van der Waals surface area contributed by atoms with Crippen molar-refractivity contribution in [3.8, 4) is 0 Å². The number of thiophene rings is 1. The first-order valence-electron chi connectivity index (χ1n) is 4.19. The number of carboxylic acid groups (broad SMARTS) is 1. The van der Waals surface area contributed by atoms with E-state index in [1.165, 1.54) is 0 Å². The molecule has 0 amide bonds. The molecule has 0 aliphatic carbocycles. The lowest BCUT2D eigenvalue weighted by Gasteiger charge is -2.13. The molecule has 1 aromatic heterocycles. The second kappa shape index (κ2) is 4.57. The number of carboxylic acids is 1. The second-order valence-corrected chi connectivity index (χ2v) is 5.24. The van der Waals surface area contributed by atoms with Crippen molar-refractivity contribution in [1.29, 1.82) is 0 Å². The predicted octanol–water partition coefficient (Wildman–Crippen LogP) is 3.78. The van der Waals surface area contributed by atoms with Crippen LogP contribution in [-0.4, -0.2) is 11.1 Å². The van der Waals surface area contributed by atoms with Crippen LogP contribution in [0.5, 0.6) is 0 Å². The lowest BCUT2D eigenvalue weighted by atomic mass is 10.1. The fourth-order valence-corrected chi connectivity index (χ4v) is 3.04. The molecule has 0 saturated heterocycles.